The highest BCUT2D eigenvalue weighted by atomic mass is 16.5. The highest BCUT2D eigenvalue weighted by molar-refractivity contribution is 5.92. The first-order valence-corrected chi connectivity index (χ1v) is 3.73. The molecule has 1 aromatic heterocycles. The number of hydrogen-bond acceptors (Lipinski definition) is 4. The second-order valence-corrected chi connectivity index (χ2v) is 2.32. The van der Waals surface area contributed by atoms with Crippen LogP contribution in [0.4, 0.5) is 0 Å². The normalized spacial score (nSPS) is 9.62. The van der Waals surface area contributed by atoms with Gasteiger partial charge in [0.05, 0.1) is 12.2 Å². The molecule has 70 valence electrons. The second kappa shape index (κ2) is 4.42. The fraction of sp³-hybridized carbons (Fsp3) is 0.250. The van der Waals surface area contributed by atoms with Gasteiger partial charge in [0.2, 0.25) is 11.8 Å². The standard InChI is InChI=1S/C8H10N2O3/c9-8(12)6-1-2-7(10-5-6)13-4-3-11/h1-2,5,11H,3-4H2,(H2,9,12). The van der Waals surface area contributed by atoms with Gasteiger partial charge in [0.25, 0.3) is 0 Å². The number of primary amides is 1. The number of nitrogens with zero attached hydrogens (tertiary/aromatic N) is 1. The van der Waals surface area contributed by atoms with Crippen molar-refractivity contribution in [3.05, 3.63) is 23.9 Å². The molecule has 0 aromatic carbocycles. The summed E-state index contributed by atoms with van der Waals surface area (Å²) in [5, 5.41) is 8.44. The van der Waals surface area contributed by atoms with Gasteiger partial charge in [0, 0.05) is 12.3 Å². The molecule has 0 aliphatic rings. The van der Waals surface area contributed by atoms with Crippen LogP contribution in [0.2, 0.25) is 0 Å². The molecule has 0 fully saturated rings. The van der Waals surface area contributed by atoms with E-state index in [1.165, 1.54) is 18.3 Å². The maximum absolute atomic E-state index is 10.6. The Morgan fingerprint density at radius 1 is 1.62 bits per heavy atom. The summed E-state index contributed by atoms with van der Waals surface area (Å²) < 4.78 is 4.98. The Bertz CT molecular complexity index is 284. The Labute approximate surface area is 75.2 Å². The summed E-state index contributed by atoms with van der Waals surface area (Å²) >= 11 is 0. The van der Waals surface area contributed by atoms with Crippen LogP contribution in [0.3, 0.4) is 0 Å². The predicted molar refractivity (Wildman–Crippen MR) is 45.3 cm³/mol. The van der Waals surface area contributed by atoms with E-state index in [2.05, 4.69) is 4.98 Å². The summed E-state index contributed by atoms with van der Waals surface area (Å²) in [6.45, 7) is 0.113. The van der Waals surface area contributed by atoms with E-state index < -0.39 is 5.91 Å². The first-order valence-electron chi connectivity index (χ1n) is 3.73. The van der Waals surface area contributed by atoms with Crippen molar-refractivity contribution in [1.82, 2.24) is 4.98 Å². The van der Waals surface area contributed by atoms with Crippen LogP contribution < -0.4 is 10.5 Å². The Hall–Kier alpha value is -1.62. The average Bonchev–Trinajstić information content (AvgIpc) is 2.15. The van der Waals surface area contributed by atoms with Gasteiger partial charge in [0.1, 0.15) is 6.61 Å². The summed E-state index contributed by atoms with van der Waals surface area (Å²) in [6, 6.07) is 3.04. The minimum Gasteiger partial charge on any atom is -0.475 e. The van der Waals surface area contributed by atoms with Crippen molar-refractivity contribution in [3.8, 4) is 5.88 Å². The molecule has 0 unspecified atom stereocenters. The molecular weight excluding hydrogens is 172 g/mol. The van der Waals surface area contributed by atoms with E-state index in [-0.39, 0.29) is 13.2 Å². The first kappa shape index (κ1) is 9.47. The van der Waals surface area contributed by atoms with E-state index in [9.17, 15) is 4.79 Å². The van der Waals surface area contributed by atoms with Crippen LogP contribution in [0.25, 0.3) is 0 Å². The third-order valence-corrected chi connectivity index (χ3v) is 1.36. The molecule has 0 aliphatic heterocycles. The monoisotopic (exact) mass is 182 g/mol. The minimum atomic E-state index is -0.527. The number of rotatable bonds is 4. The topological polar surface area (TPSA) is 85.4 Å². The Morgan fingerprint density at radius 3 is 2.85 bits per heavy atom. The molecule has 1 aromatic rings. The van der Waals surface area contributed by atoms with E-state index in [4.69, 9.17) is 15.6 Å². The minimum absolute atomic E-state index is 0.0702. The zero-order valence-corrected chi connectivity index (χ0v) is 6.93. The van der Waals surface area contributed by atoms with Crippen LogP contribution in [-0.2, 0) is 0 Å². The van der Waals surface area contributed by atoms with Crippen LogP contribution in [0, 0.1) is 0 Å². The molecule has 1 heterocycles. The zero-order valence-electron chi connectivity index (χ0n) is 6.93. The maximum atomic E-state index is 10.6. The zero-order chi connectivity index (χ0) is 9.68. The highest BCUT2D eigenvalue weighted by Gasteiger charge is 2.00. The molecule has 13 heavy (non-hydrogen) atoms. The number of carbonyl (C=O) groups excluding carboxylic acids is 1. The van der Waals surface area contributed by atoms with Crippen molar-refractivity contribution in [1.29, 1.82) is 0 Å². The Morgan fingerprint density at radius 2 is 2.38 bits per heavy atom. The molecule has 0 radical (unpaired) electrons. The van der Waals surface area contributed by atoms with Gasteiger partial charge in [-0.05, 0) is 6.07 Å². The number of aromatic nitrogens is 1. The lowest BCUT2D eigenvalue weighted by molar-refractivity contribution is 0.1000. The number of ether oxygens (including phenoxy) is 1. The van der Waals surface area contributed by atoms with E-state index in [1.807, 2.05) is 0 Å². The van der Waals surface area contributed by atoms with Crippen LogP contribution >= 0.6 is 0 Å². The van der Waals surface area contributed by atoms with E-state index in [1.54, 1.807) is 0 Å². The number of hydrogen-bond donors (Lipinski definition) is 2. The van der Waals surface area contributed by atoms with Crippen LogP contribution in [0.1, 0.15) is 10.4 Å². The molecule has 3 N–H and O–H groups in total. The van der Waals surface area contributed by atoms with Crippen molar-refractivity contribution in [2.75, 3.05) is 13.2 Å². The molecule has 0 bridgehead atoms. The van der Waals surface area contributed by atoms with Crippen molar-refractivity contribution in [2.45, 2.75) is 0 Å². The Balaban J connectivity index is 2.64. The van der Waals surface area contributed by atoms with Gasteiger partial charge in [-0.1, -0.05) is 0 Å². The number of amides is 1. The van der Waals surface area contributed by atoms with Crippen molar-refractivity contribution in [3.63, 3.8) is 0 Å². The van der Waals surface area contributed by atoms with Gasteiger partial charge in [-0.25, -0.2) is 4.98 Å². The maximum Gasteiger partial charge on any atom is 0.250 e. The summed E-state index contributed by atoms with van der Waals surface area (Å²) in [5.41, 5.74) is 5.33. The molecule has 5 heteroatoms. The van der Waals surface area contributed by atoms with Gasteiger partial charge >= 0.3 is 0 Å². The van der Waals surface area contributed by atoms with Crippen molar-refractivity contribution in [2.24, 2.45) is 5.73 Å². The molecule has 0 aliphatic carbocycles. The largest absolute Gasteiger partial charge is 0.475 e. The predicted octanol–water partition coefficient (Wildman–Crippen LogP) is -0.448. The lowest BCUT2D eigenvalue weighted by Gasteiger charge is -2.02. The Kier molecular flexibility index (Phi) is 3.22. The van der Waals surface area contributed by atoms with E-state index in [0.29, 0.717) is 11.4 Å². The molecule has 5 nitrogen and oxygen atoms in total. The molecule has 0 saturated heterocycles. The molecule has 1 amide bonds. The number of aliphatic hydroxyl groups is 1. The molecule has 0 saturated carbocycles. The summed E-state index contributed by atoms with van der Waals surface area (Å²) in [6.07, 6.45) is 1.33. The lowest BCUT2D eigenvalue weighted by Crippen LogP contribution is -2.11. The summed E-state index contributed by atoms with van der Waals surface area (Å²) in [4.78, 5) is 14.4. The van der Waals surface area contributed by atoms with E-state index >= 15 is 0 Å². The molecule has 0 atom stereocenters. The smallest absolute Gasteiger partial charge is 0.250 e. The van der Waals surface area contributed by atoms with Gasteiger partial charge in [0.15, 0.2) is 0 Å². The first-order chi connectivity index (χ1) is 6.24. The third kappa shape index (κ3) is 2.72. The number of nitrogens with two attached hydrogens (primary N) is 1. The molecule has 1 rings (SSSR count). The van der Waals surface area contributed by atoms with Gasteiger partial charge in [-0.3, -0.25) is 4.79 Å². The van der Waals surface area contributed by atoms with Gasteiger partial charge in [-0.2, -0.15) is 0 Å². The average molecular weight is 182 g/mol. The van der Waals surface area contributed by atoms with Crippen LogP contribution in [-0.4, -0.2) is 29.2 Å². The second-order valence-electron chi connectivity index (χ2n) is 2.32. The third-order valence-electron chi connectivity index (χ3n) is 1.36. The van der Waals surface area contributed by atoms with Crippen LogP contribution in [0.15, 0.2) is 18.3 Å². The molecular formula is C8H10N2O3. The fourth-order valence-corrected chi connectivity index (χ4v) is 0.762. The SMILES string of the molecule is NC(=O)c1ccc(OCCO)nc1. The van der Waals surface area contributed by atoms with E-state index in [0.717, 1.165) is 0 Å². The van der Waals surface area contributed by atoms with Gasteiger partial charge in [-0.15, -0.1) is 0 Å². The molecule has 0 spiro atoms. The highest BCUT2D eigenvalue weighted by Crippen LogP contribution is 2.06. The quantitative estimate of drug-likeness (QED) is 0.660. The lowest BCUT2D eigenvalue weighted by atomic mass is 10.3. The number of aliphatic hydroxyl groups excluding tert-OH is 1. The van der Waals surface area contributed by atoms with Crippen molar-refractivity contribution < 1.29 is 14.6 Å². The van der Waals surface area contributed by atoms with Crippen LogP contribution in [0.5, 0.6) is 5.88 Å². The summed E-state index contributed by atoms with van der Waals surface area (Å²) in [7, 11) is 0. The van der Waals surface area contributed by atoms with Gasteiger partial charge < -0.3 is 15.6 Å². The summed E-state index contributed by atoms with van der Waals surface area (Å²) in [5.74, 6) is -0.166. The van der Waals surface area contributed by atoms with Crippen molar-refractivity contribution >= 4 is 5.91 Å². The number of carbonyl (C=O) groups is 1. The fourth-order valence-electron chi connectivity index (χ4n) is 0.762. The number of pyridine rings is 1.